The molecule has 1 nitrogen and oxygen atoms in total. The van der Waals surface area contributed by atoms with Crippen LogP contribution in [-0.4, -0.2) is 11.7 Å². The van der Waals surface area contributed by atoms with Crippen molar-refractivity contribution < 1.29 is 4.39 Å². The third-order valence-electron chi connectivity index (χ3n) is 2.66. The summed E-state index contributed by atoms with van der Waals surface area (Å²) in [5, 5.41) is 3.35. The average Bonchev–Trinajstić information content (AvgIpc) is 2.50. The molecule has 0 bridgehead atoms. The third kappa shape index (κ3) is 4.70. The number of thioether (sulfide) groups is 1. The van der Waals surface area contributed by atoms with Gasteiger partial charge >= 0.3 is 0 Å². The minimum atomic E-state index is -0.274. The molecule has 0 fully saturated rings. The number of thiocarbonyl (C=S) groups is 1. The molecule has 0 aliphatic rings. The van der Waals surface area contributed by atoms with Crippen molar-refractivity contribution in [1.82, 2.24) is 0 Å². The second kappa shape index (κ2) is 9.03. The molecule has 0 saturated heterocycles. The van der Waals surface area contributed by atoms with Crippen molar-refractivity contribution in [2.24, 2.45) is 0 Å². The van der Waals surface area contributed by atoms with E-state index in [4.69, 9.17) is 23.8 Å². The number of nitrogens with one attached hydrogen (secondary N) is 1. The minimum absolute atomic E-state index is 0.274. The maximum absolute atomic E-state index is 14.0. The number of benzene rings is 2. The molecule has 2 aromatic carbocycles. The molecule has 2 aromatic rings. The molecule has 0 radical (unpaired) electrons. The van der Waals surface area contributed by atoms with Crippen molar-refractivity contribution in [2.45, 2.75) is 18.7 Å². The summed E-state index contributed by atoms with van der Waals surface area (Å²) in [6, 6.07) is 10.4. The van der Waals surface area contributed by atoms with Crippen LogP contribution in [-0.2, 0) is 0 Å². The Morgan fingerprint density at radius 1 is 1.14 bits per heavy atom. The standard InChI is InChI=1S/C14H11ClFNS2.C2H6/c1-19-10-3-5-12(14(16)7-10)11-4-2-9(17-8-18)6-13(11)15;1-2/h2-8H,1H3,(H,17,18);1-2H3. The van der Waals surface area contributed by atoms with E-state index in [1.54, 1.807) is 18.2 Å². The molecule has 0 aliphatic heterocycles. The summed E-state index contributed by atoms with van der Waals surface area (Å²) in [7, 11) is 0. The molecule has 0 spiro atoms. The van der Waals surface area contributed by atoms with Crippen LogP contribution < -0.4 is 5.32 Å². The molecule has 1 N–H and O–H groups in total. The lowest BCUT2D eigenvalue weighted by molar-refractivity contribution is 0.628. The molecule has 0 unspecified atom stereocenters. The first-order chi connectivity index (χ1) is 10.2. The average molecular weight is 342 g/mol. The van der Waals surface area contributed by atoms with Gasteiger partial charge in [-0.15, -0.1) is 11.8 Å². The van der Waals surface area contributed by atoms with Crippen LogP contribution in [0.2, 0.25) is 5.02 Å². The highest BCUT2D eigenvalue weighted by molar-refractivity contribution is 7.98. The van der Waals surface area contributed by atoms with Gasteiger partial charge in [0.2, 0.25) is 0 Å². The molecule has 0 saturated carbocycles. The lowest BCUT2D eigenvalue weighted by Gasteiger charge is -2.09. The van der Waals surface area contributed by atoms with Gasteiger partial charge in [-0.3, -0.25) is 0 Å². The Balaban J connectivity index is 0.00000106. The number of anilines is 1. The Labute approximate surface area is 139 Å². The zero-order valence-electron chi connectivity index (χ0n) is 12.1. The summed E-state index contributed by atoms with van der Waals surface area (Å²) >= 11 is 12.4. The van der Waals surface area contributed by atoms with E-state index in [1.807, 2.05) is 32.2 Å². The molecule has 112 valence electrons. The molecule has 2 rings (SSSR count). The van der Waals surface area contributed by atoms with Gasteiger partial charge in [0.15, 0.2) is 0 Å². The van der Waals surface area contributed by atoms with Crippen LogP contribution in [0, 0.1) is 5.82 Å². The quantitative estimate of drug-likeness (QED) is 0.520. The fourth-order valence-electron chi connectivity index (χ4n) is 1.73. The minimum Gasteiger partial charge on any atom is -0.353 e. The van der Waals surface area contributed by atoms with Gasteiger partial charge in [-0.25, -0.2) is 4.39 Å². The molecule has 0 atom stereocenters. The van der Waals surface area contributed by atoms with Crippen LogP contribution in [0.4, 0.5) is 10.1 Å². The zero-order chi connectivity index (χ0) is 15.8. The summed E-state index contributed by atoms with van der Waals surface area (Å²) in [5.74, 6) is -0.274. The molecule has 0 amide bonds. The van der Waals surface area contributed by atoms with Crippen molar-refractivity contribution >= 4 is 46.8 Å². The molecule has 0 aromatic heterocycles. The van der Waals surface area contributed by atoms with E-state index in [0.717, 1.165) is 10.6 Å². The maximum Gasteiger partial charge on any atom is 0.132 e. The van der Waals surface area contributed by atoms with Crippen molar-refractivity contribution in [1.29, 1.82) is 0 Å². The van der Waals surface area contributed by atoms with Gasteiger partial charge in [0.05, 0.1) is 10.5 Å². The third-order valence-corrected chi connectivity index (χ3v) is 3.82. The van der Waals surface area contributed by atoms with E-state index in [0.29, 0.717) is 16.1 Å². The molecular weight excluding hydrogens is 325 g/mol. The van der Waals surface area contributed by atoms with Crippen LogP contribution in [0.3, 0.4) is 0 Å². The number of hydrogen-bond donors (Lipinski definition) is 1. The smallest absolute Gasteiger partial charge is 0.132 e. The number of hydrogen-bond acceptors (Lipinski definition) is 2. The second-order valence-electron chi connectivity index (χ2n) is 3.80. The monoisotopic (exact) mass is 341 g/mol. The van der Waals surface area contributed by atoms with Gasteiger partial charge in [0, 0.05) is 21.7 Å². The Morgan fingerprint density at radius 2 is 1.81 bits per heavy atom. The van der Waals surface area contributed by atoms with Gasteiger partial charge < -0.3 is 5.32 Å². The van der Waals surface area contributed by atoms with E-state index in [2.05, 4.69) is 5.32 Å². The van der Waals surface area contributed by atoms with E-state index >= 15 is 0 Å². The van der Waals surface area contributed by atoms with E-state index < -0.39 is 0 Å². The zero-order valence-corrected chi connectivity index (χ0v) is 14.5. The largest absolute Gasteiger partial charge is 0.353 e. The fourth-order valence-corrected chi connectivity index (χ4v) is 2.58. The Hall–Kier alpha value is -1.10. The van der Waals surface area contributed by atoms with Gasteiger partial charge in [-0.2, -0.15) is 0 Å². The van der Waals surface area contributed by atoms with Gasteiger partial charge in [0.1, 0.15) is 5.82 Å². The van der Waals surface area contributed by atoms with E-state index in [-0.39, 0.29) is 5.82 Å². The summed E-state index contributed by atoms with van der Waals surface area (Å²) in [6.45, 7) is 4.00. The van der Waals surface area contributed by atoms with Gasteiger partial charge in [-0.05, 0) is 30.5 Å². The van der Waals surface area contributed by atoms with Crippen LogP contribution in [0.15, 0.2) is 41.3 Å². The Kier molecular flexibility index (Phi) is 7.72. The summed E-state index contributed by atoms with van der Waals surface area (Å²) in [4.78, 5) is 0.886. The molecule has 0 aliphatic carbocycles. The predicted molar refractivity (Wildman–Crippen MR) is 97.3 cm³/mol. The fraction of sp³-hybridized carbons (Fsp3) is 0.188. The lowest BCUT2D eigenvalue weighted by Crippen LogP contribution is -1.93. The SMILES string of the molecule is CC.CSc1ccc(-c2ccc(NC=S)cc2Cl)c(F)c1. The maximum atomic E-state index is 14.0. The topological polar surface area (TPSA) is 12.0 Å². The number of rotatable bonds is 4. The van der Waals surface area contributed by atoms with Crippen molar-refractivity contribution in [3.05, 3.63) is 47.2 Å². The highest BCUT2D eigenvalue weighted by Gasteiger charge is 2.10. The second-order valence-corrected chi connectivity index (χ2v) is 5.33. The summed E-state index contributed by atoms with van der Waals surface area (Å²) in [6.07, 6.45) is 1.91. The van der Waals surface area contributed by atoms with Crippen LogP contribution in [0.25, 0.3) is 11.1 Å². The molecular formula is C16H17ClFNS2. The van der Waals surface area contributed by atoms with Crippen molar-refractivity contribution in [3.63, 3.8) is 0 Å². The first-order valence-electron chi connectivity index (χ1n) is 6.49. The first kappa shape index (κ1) is 18.0. The first-order valence-corrected chi connectivity index (χ1v) is 8.56. The number of halogens is 2. The van der Waals surface area contributed by atoms with Gasteiger partial charge in [0.25, 0.3) is 0 Å². The van der Waals surface area contributed by atoms with Crippen LogP contribution in [0.1, 0.15) is 13.8 Å². The molecule has 21 heavy (non-hydrogen) atoms. The summed E-state index contributed by atoms with van der Waals surface area (Å²) in [5.41, 5.74) is 3.35. The summed E-state index contributed by atoms with van der Waals surface area (Å²) < 4.78 is 14.0. The van der Waals surface area contributed by atoms with E-state index in [9.17, 15) is 4.39 Å². The normalized spacial score (nSPS) is 9.57. The molecule has 0 heterocycles. The van der Waals surface area contributed by atoms with Crippen LogP contribution in [0.5, 0.6) is 0 Å². The highest BCUT2D eigenvalue weighted by atomic mass is 35.5. The Morgan fingerprint density at radius 3 is 2.33 bits per heavy atom. The molecule has 5 heteroatoms. The van der Waals surface area contributed by atoms with Crippen molar-refractivity contribution in [3.8, 4) is 11.1 Å². The van der Waals surface area contributed by atoms with Crippen molar-refractivity contribution in [2.75, 3.05) is 11.6 Å². The Bertz CT molecular complexity index is 617. The van der Waals surface area contributed by atoms with Crippen LogP contribution >= 0.6 is 35.6 Å². The predicted octanol–water partition coefficient (Wildman–Crippen LogP) is 6.26. The van der Waals surface area contributed by atoms with Gasteiger partial charge in [-0.1, -0.05) is 49.8 Å². The highest BCUT2D eigenvalue weighted by Crippen LogP contribution is 2.33. The van der Waals surface area contributed by atoms with E-state index in [1.165, 1.54) is 23.3 Å². The lowest BCUT2D eigenvalue weighted by atomic mass is 10.0.